The summed E-state index contributed by atoms with van der Waals surface area (Å²) < 4.78 is 35.8. The molecule has 198 valence electrons. The van der Waals surface area contributed by atoms with Crippen LogP contribution in [-0.4, -0.2) is 58.6 Å². The molecule has 1 aliphatic heterocycles. The van der Waals surface area contributed by atoms with E-state index in [4.69, 9.17) is 9.47 Å². The summed E-state index contributed by atoms with van der Waals surface area (Å²) in [4.78, 5) is 37.8. The number of benzene rings is 2. The molecule has 0 aliphatic carbocycles. The summed E-state index contributed by atoms with van der Waals surface area (Å²) in [7, 11) is -1.84. The third-order valence-electron chi connectivity index (χ3n) is 5.98. The molecule has 9 nitrogen and oxygen atoms in total. The normalized spacial score (nSPS) is 14.2. The van der Waals surface area contributed by atoms with Crippen molar-refractivity contribution < 1.29 is 32.3 Å². The fourth-order valence-electron chi connectivity index (χ4n) is 3.98. The van der Waals surface area contributed by atoms with Crippen LogP contribution < -0.4 is 14.4 Å². The Morgan fingerprint density at radius 1 is 1.11 bits per heavy atom. The third kappa shape index (κ3) is 7.42. The third-order valence-corrected chi connectivity index (χ3v) is 7.16. The quantitative estimate of drug-likeness (QED) is 0.286. The second-order valence-electron chi connectivity index (χ2n) is 9.15. The van der Waals surface area contributed by atoms with E-state index < -0.39 is 40.3 Å². The van der Waals surface area contributed by atoms with Crippen LogP contribution in [0.1, 0.15) is 41.8 Å². The molecule has 1 N–H and O–H groups in total. The largest absolute Gasteiger partial charge is 0.497 e. The number of fused-ring (bicyclic) bond motifs is 1. The number of nitrogens with one attached hydrogen (secondary N) is 1. The van der Waals surface area contributed by atoms with Crippen molar-refractivity contribution in [2.45, 2.75) is 32.7 Å². The molecule has 37 heavy (non-hydrogen) atoms. The Balaban J connectivity index is 1.60. The van der Waals surface area contributed by atoms with Crippen LogP contribution in [0.2, 0.25) is 0 Å². The number of nitrogens with zero attached hydrogens (tertiary/aromatic N) is 1. The summed E-state index contributed by atoms with van der Waals surface area (Å²) in [6, 6.07) is 11.0. The van der Waals surface area contributed by atoms with Crippen LogP contribution in [0.25, 0.3) is 6.08 Å². The number of carbonyl (C=O) groups excluding carboxylic acids is 3. The first-order valence-electron chi connectivity index (χ1n) is 11.9. The van der Waals surface area contributed by atoms with E-state index in [0.29, 0.717) is 36.4 Å². The molecule has 0 bridgehead atoms. The Kier molecular flexibility index (Phi) is 9.09. The lowest BCUT2D eigenvalue weighted by Gasteiger charge is -2.29. The average molecular weight is 529 g/mol. The lowest BCUT2D eigenvalue weighted by Crippen LogP contribution is -2.45. The molecule has 1 atom stereocenters. The number of ketones is 1. The molecule has 2 aromatic rings. The fraction of sp³-hybridized carbons (Fsp3) is 0.370. The summed E-state index contributed by atoms with van der Waals surface area (Å²) in [6.45, 7) is 3.43. The Labute approximate surface area is 217 Å². The zero-order chi connectivity index (χ0) is 27.2. The second-order valence-corrected chi connectivity index (χ2v) is 11.1. The standard InChI is InChI=1S/C27H32N2O7S/c1-18(2)26(28-25(31)14-9-19-7-11-22(35-3)12-8-19)27(32)36-17-24(30)21-10-13-23-20(16-21)6-5-15-29(23)37(4,33)34/h7-14,16,18,26H,5-6,15,17H2,1-4H3,(H,28,31)/t26-/m0/s1. The number of ether oxygens (including phenoxy) is 2. The van der Waals surface area contributed by atoms with Gasteiger partial charge >= 0.3 is 5.97 Å². The SMILES string of the molecule is COc1ccc(C=CC(=O)N[C@H](C(=O)OCC(=O)c2ccc3c(c2)CCCN3S(C)(=O)=O)C(C)C)cc1. The topological polar surface area (TPSA) is 119 Å². The molecule has 0 unspecified atom stereocenters. The number of Topliss-reactive ketones (excluding diaryl/α,β-unsaturated/α-hetero) is 1. The number of sulfonamides is 1. The summed E-state index contributed by atoms with van der Waals surface area (Å²) in [5.41, 5.74) is 2.43. The highest BCUT2D eigenvalue weighted by atomic mass is 32.2. The minimum Gasteiger partial charge on any atom is -0.497 e. The van der Waals surface area contributed by atoms with Gasteiger partial charge in [-0.1, -0.05) is 26.0 Å². The molecule has 0 aromatic heterocycles. The maximum atomic E-state index is 12.7. The molecule has 1 amide bonds. The van der Waals surface area contributed by atoms with E-state index in [2.05, 4.69) is 5.32 Å². The van der Waals surface area contributed by atoms with Crippen molar-refractivity contribution in [1.82, 2.24) is 5.32 Å². The minimum atomic E-state index is -3.41. The van der Waals surface area contributed by atoms with Gasteiger partial charge in [0.1, 0.15) is 11.8 Å². The molecule has 1 aliphatic rings. The molecule has 1 heterocycles. The van der Waals surface area contributed by atoms with Gasteiger partial charge in [0.25, 0.3) is 0 Å². The smallest absolute Gasteiger partial charge is 0.329 e. The van der Waals surface area contributed by atoms with Crippen LogP contribution in [0.5, 0.6) is 5.75 Å². The minimum absolute atomic E-state index is 0.272. The number of aryl methyl sites for hydroxylation is 1. The number of hydrogen-bond donors (Lipinski definition) is 1. The van der Waals surface area contributed by atoms with Gasteiger partial charge in [-0.05, 0) is 66.3 Å². The predicted octanol–water partition coefficient (Wildman–Crippen LogP) is 2.99. The van der Waals surface area contributed by atoms with Crippen molar-refractivity contribution in [3.05, 3.63) is 65.2 Å². The van der Waals surface area contributed by atoms with E-state index in [1.165, 1.54) is 16.4 Å². The number of carbonyl (C=O) groups is 3. The fourth-order valence-corrected chi connectivity index (χ4v) is 4.97. The average Bonchev–Trinajstić information content (AvgIpc) is 2.87. The number of anilines is 1. The van der Waals surface area contributed by atoms with Crippen LogP contribution in [0, 0.1) is 5.92 Å². The molecule has 3 rings (SSSR count). The zero-order valence-electron chi connectivity index (χ0n) is 21.4. The highest BCUT2D eigenvalue weighted by Crippen LogP contribution is 2.30. The highest BCUT2D eigenvalue weighted by Gasteiger charge is 2.27. The summed E-state index contributed by atoms with van der Waals surface area (Å²) in [5.74, 6) is -1.17. The zero-order valence-corrected chi connectivity index (χ0v) is 22.2. The van der Waals surface area contributed by atoms with Crippen LogP contribution in [0.3, 0.4) is 0 Å². The first kappa shape index (κ1) is 27.9. The molecule has 0 fully saturated rings. The molecular formula is C27H32N2O7S. The van der Waals surface area contributed by atoms with E-state index in [0.717, 1.165) is 17.4 Å². The molecular weight excluding hydrogens is 496 g/mol. The molecule has 2 aromatic carbocycles. The summed E-state index contributed by atoms with van der Waals surface area (Å²) >= 11 is 0. The maximum Gasteiger partial charge on any atom is 0.329 e. The monoisotopic (exact) mass is 528 g/mol. The van der Waals surface area contributed by atoms with Gasteiger partial charge in [0.05, 0.1) is 19.1 Å². The van der Waals surface area contributed by atoms with Gasteiger partial charge in [-0.3, -0.25) is 13.9 Å². The van der Waals surface area contributed by atoms with Gasteiger partial charge in [0, 0.05) is 18.2 Å². The van der Waals surface area contributed by atoms with Crippen LogP contribution in [-0.2, 0) is 30.8 Å². The van der Waals surface area contributed by atoms with Gasteiger partial charge in [-0.2, -0.15) is 0 Å². The maximum absolute atomic E-state index is 12.7. The molecule has 10 heteroatoms. The molecule has 0 saturated heterocycles. The van der Waals surface area contributed by atoms with Gasteiger partial charge in [0.2, 0.25) is 15.9 Å². The van der Waals surface area contributed by atoms with Crippen LogP contribution in [0.15, 0.2) is 48.5 Å². The second kappa shape index (κ2) is 12.1. The molecule has 0 radical (unpaired) electrons. The molecule has 0 saturated carbocycles. The highest BCUT2D eigenvalue weighted by molar-refractivity contribution is 7.92. The number of methoxy groups -OCH3 is 1. The Morgan fingerprint density at radius 3 is 2.43 bits per heavy atom. The van der Waals surface area contributed by atoms with Gasteiger partial charge in [0.15, 0.2) is 12.4 Å². The van der Waals surface area contributed by atoms with Crippen molar-refractivity contribution in [3.63, 3.8) is 0 Å². The number of esters is 1. The lowest BCUT2D eigenvalue weighted by atomic mass is 9.99. The first-order valence-corrected chi connectivity index (χ1v) is 13.8. The van der Waals surface area contributed by atoms with Crippen molar-refractivity contribution in [2.75, 3.05) is 30.8 Å². The van der Waals surface area contributed by atoms with Gasteiger partial charge in [-0.15, -0.1) is 0 Å². The van der Waals surface area contributed by atoms with E-state index >= 15 is 0 Å². The van der Waals surface area contributed by atoms with Crippen molar-refractivity contribution in [1.29, 1.82) is 0 Å². The summed E-state index contributed by atoms with van der Waals surface area (Å²) in [5, 5.41) is 2.63. The van der Waals surface area contributed by atoms with Gasteiger partial charge in [-0.25, -0.2) is 13.2 Å². The lowest BCUT2D eigenvalue weighted by molar-refractivity contribution is -0.147. The van der Waals surface area contributed by atoms with Crippen LogP contribution >= 0.6 is 0 Å². The Hall–Kier alpha value is -3.66. The number of rotatable bonds is 10. The van der Waals surface area contributed by atoms with Gasteiger partial charge < -0.3 is 14.8 Å². The summed E-state index contributed by atoms with van der Waals surface area (Å²) in [6.07, 6.45) is 5.38. The van der Waals surface area contributed by atoms with E-state index in [-0.39, 0.29) is 5.92 Å². The predicted molar refractivity (Wildman–Crippen MR) is 141 cm³/mol. The van der Waals surface area contributed by atoms with Crippen molar-refractivity contribution in [2.24, 2.45) is 5.92 Å². The Bertz CT molecular complexity index is 1280. The van der Waals surface area contributed by atoms with Crippen molar-refractivity contribution >= 4 is 39.4 Å². The van der Waals surface area contributed by atoms with E-state index in [1.54, 1.807) is 63.4 Å². The van der Waals surface area contributed by atoms with E-state index in [9.17, 15) is 22.8 Å². The molecule has 0 spiro atoms. The first-order chi connectivity index (χ1) is 17.5. The van der Waals surface area contributed by atoms with E-state index in [1.807, 2.05) is 0 Å². The van der Waals surface area contributed by atoms with Crippen LogP contribution in [0.4, 0.5) is 5.69 Å². The number of hydrogen-bond acceptors (Lipinski definition) is 7. The van der Waals surface area contributed by atoms with Crippen molar-refractivity contribution in [3.8, 4) is 5.75 Å². The number of amides is 1. The Morgan fingerprint density at radius 2 is 1.81 bits per heavy atom.